The molecule has 0 aliphatic carbocycles. The smallest absolute Gasteiger partial charge is 0.358 e. The van der Waals surface area contributed by atoms with Crippen LogP contribution in [0.25, 0.3) is 0 Å². The number of carbonyl (C=O) groups is 4. The van der Waals surface area contributed by atoms with Crippen molar-refractivity contribution in [3.8, 4) is 11.5 Å². The van der Waals surface area contributed by atoms with E-state index in [4.69, 9.17) is 30.5 Å². The molecule has 6 aromatic rings. The quantitative estimate of drug-likeness (QED) is 0.0627. The second-order valence-electron chi connectivity index (χ2n) is 18.2. The summed E-state index contributed by atoms with van der Waals surface area (Å²) in [5, 5.41) is 15.0. The maximum Gasteiger partial charge on any atom is -0.358 e. The van der Waals surface area contributed by atoms with Crippen LogP contribution in [0, 0.1) is 30.7 Å². The second kappa shape index (κ2) is 26.4. The van der Waals surface area contributed by atoms with Crippen molar-refractivity contribution in [3.63, 3.8) is 0 Å². The number of rotatable bonds is 6. The van der Waals surface area contributed by atoms with Crippen LogP contribution in [0.2, 0.25) is 0 Å². The van der Waals surface area contributed by atoms with E-state index in [1.165, 1.54) is 41.0 Å². The summed E-state index contributed by atoms with van der Waals surface area (Å²) in [4.78, 5) is 76.8. The van der Waals surface area contributed by atoms with Gasteiger partial charge in [-0.05, 0) is 0 Å². The third-order valence-corrected chi connectivity index (χ3v) is 18.8. The number of hydrogen-bond acceptors (Lipinski definition) is 16. The number of benzene rings is 4. The average molecular weight is 1300 g/mol. The van der Waals surface area contributed by atoms with Gasteiger partial charge in [0.25, 0.3) is 0 Å². The van der Waals surface area contributed by atoms with Crippen LogP contribution in [0.1, 0.15) is 66.4 Å². The van der Waals surface area contributed by atoms with Crippen LogP contribution in [0.15, 0.2) is 107 Å². The number of carbonyl (C=O) groups excluding carboxylic acids is 4. The van der Waals surface area contributed by atoms with E-state index in [1.54, 1.807) is 21.9 Å². The first kappa shape index (κ1) is 61.6. The molecule has 436 valence electrons. The van der Waals surface area contributed by atoms with Gasteiger partial charge in [0, 0.05) is 0 Å². The van der Waals surface area contributed by atoms with Crippen molar-refractivity contribution in [2.75, 3.05) is 76.6 Å². The number of alkyl halides is 1. The molecule has 12 rings (SSSR count). The Labute approximate surface area is 491 Å². The van der Waals surface area contributed by atoms with Crippen molar-refractivity contribution < 1.29 is 75.0 Å². The Kier molecular flexibility index (Phi) is 19.6. The predicted octanol–water partition coefficient (Wildman–Crippen LogP) is 3.88. The van der Waals surface area contributed by atoms with Gasteiger partial charge in [-0.15, -0.1) is 0 Å². The van der Waals surface area contributed by atoms with Crippen molar-refractivity contribution >= 4 is 83.0 Å². The van der Waals surface area contributed by atoms with Crippen LogP contribution in [-0.2, 0) is 39.1 Å². The van der Waals surface area contributed by atoms with Gasteiger partial charge < -0.3 is 25.3 Å². The summed E-state index contributed by atoms with van der Waals surface area (Å²) in [5.41, 5.74) is 1.96. The topological polar surface area (TPSA) is 210 Å². The number of halogens is 5. The summed E-state index contributed by atoms with van der Waals surface area (Å²) < 4.78 is 98.5. The molecule has 1 N–H and O–H groups in total. The van der Waals surface area contributed by atoms with E-state index in [-0.39, 0.29) is 107 Å². The Balaban J connectivity index is 0.000000192. The number of morpholine rings is 2. The van der Waals surface area contributed by atoms with E-state index < -0.39 is 95.2 Å². The zero-order valence-electron chi connectivity index (χ0n) is 44.3. The number of fused-ring (bicyclic) bond motifs is 8. The fraction of sp³-hybridized carbons (Fsp3) is 0.291. The van der Waals surface area contributed by atoms with Crippen LogP contribution in [0.3, 0.4) is 0 Å². The second-order valence-corrected chi connectivity index (χ2v) is 22.7. The average Bonchev–Trinajstić information content (AvgIpc) is 3.90. The van der Waals surface area contributed by atoms with E-state index in [0.717, 1.165) is 39.3 Å². The molecule has 0 saturated carbocycles. The molecular weight excluding hydrogens is 1250 g/mol. The monoisotopic (exact) mass is 1300 g/mol. The minimum absolute atomic E-state index is 0. The summed E-state index contributed by atoms with van der Waals surface area (Å²) >= 11 is 4.60. The van der Waals surface area contributed by atoms with Gasteiger partial charge >= 0.3 is 432 Å². The number of aromatic nitrogens is 2. The first-order valence-corrected chi connectivity index (χ1v) is 29.4. The molecule has 6 aliphatic rings. The van der Waals surface area contributed by atoms with Crippen molar-refractivity contribution in [2.45, 2.75) is 35.1 Å². The standard InChI is InChI=1S/C27H23F2N3O7Se.C24H19F2N3O4Se.C3H5ClO3.CH3.B/c1-36-27(35)39-14-38-25-19(33)8-9-31-24(25)26(34)30-10-11-37-12-21(30)32(31)23-15-6-7-18(28)22(29)17(15)13-40-20-5-3-2-4-16(20)23;25-16-6-5-13-15(20(16)26)12-34-18-4-2-1-3-14(18)21(13)29-19-11-33-10-9-27(19)24(32)22-23(31)17(30)7-8-28(22)29;1-6-3(5)7-2-4;;/h2-9,21,23H,10-14H2,1H3;1-8,19,21,31H,9-12H2;2H2,1H3;1H3;/q;;;2*-1/t21-,23?;19-,21?;;;/m11.../s1. The van der Waals surface area contributed by atoms with E-state index in [0.29, 0.717) is 33.9 Å². The van der Waals surface area contributed by atoms with Gasteiger partial charge in [0.1, 0.15) is 0 Å². The van der Waals surface area contributed by atoms with Crippen LogP contribution in [0.4, 0.5) is 27.2 Å². The maximum absolute atomic E-state index is 15.3. The first-order valence-electron chi connectivity index (χ1n) is 24.7. The molecule has 2 saturated heterocycles. The summed E-state index contributed by atoms with van der Waals surface area (Å²) in [6.07, 6.45) is -0.100. The van der Waals surface area contributed by atoms with Gasteiger partial charge in [-0.3, -0.25) is 0 Å². The molecule has 83 heavy (non-hydrogen) atoms. The van der Waals surface area contributed by atoms with E-state index in [9.17, 15) is 42.7 Å². The van der Waals surface area contributed by atoms with Crippen LogP contribution >= 0.6 is 11.6 Å². The SMILES string of the molecule is COC(=O)OCCl.COC(=O)OCOc1c2n(ccc1=O)N(C1c3ccccc3[Se]Cc3c1ccc(F)c3F)[C@@H]1COCCN1C2=O.O=C1c2c(O)c(=O)ccn2N(C2c3ccccc3[Se]Cc3c2ccc(F)c3F)[C@@H]2COCCN12.[B-].[CH3-]. The molecule has 0 bridgehead atoms. The van der Waals surface area contributed by atoms with Crippen LogP contribution in [-0.4, -0.2) is 166 Å². The normalized spacial score (nSPS) is 18.8. The molecule has 2 aromatic heterocycles. The molecule has 6 aliphatic heterocycles. The Bertz CT molecular complexity index is 3590. The Hall–Kier alpha value is -7.51. The molecule has 2 unspecified atom stereocenters. The molecule has 0 spiro atoms. The largest absolute Gasteiger partial charge is 1.00 e. The third kappa shape index (κ3) is 11.6. The van der Waals surface area contributed by atoms with Crippen molar-refractivity contribution in [1.29, 1.82) is 0 Å². The number of hydrogen-bond donors (Lipinski definition) is 1. The van der Waals surface area contributed by atoms with Gasteiger partial charge in [0.15, 0.2) is 6.07 Å². The molecule has 4 aromatic carbocycles. The van der Waals surface area contributed by atoms with E-state index in [2.05, 4.69) is 14.2 Å². The number of nitrogens with zero attached hydrogens (tertiary/aromatic N) is 6. The molecule has 28 heteroatoms. The summed E-state index contributed by atoms with van der Waals surface area (Å²) in [7, 11) is 2.34. The predicted molar refractivity (Wildman–Crippen MR) is 294 cm³/mol. The van der Waals surface area contributed by atoms with Crippen molar-refractivity contribution in [2.24, 2.45) is 0 Å². The molecule has 20 nitrogen and oxygen atoms in total. The van der Waals surface area contributed by atoms with Gasteiger partial charge in [-0.1, -0.05) is 11.6 Å². The zero-order valence-corrected chi connectivity index (χ0v) is 48.5. The number of ether oxygens (including phenoxy) is 7. The number of aromatic hydroxyl groups is 1. The fourth-order valence-electron chi connectivity index (χ4n) is 10.4. The van der Waals surface area contributed by atoms with Crippen molar-refractivity contribution in [1.82, 2.24) is 19.2 Å². The Morgan fingerprint density at radius 3 is 1.58 bits per heavy atom. The van der Waals surface area contributed by atoms with E-state index in [1.807, 2.05) is 58.5 Å². The van der Waals surface area contributed by atoms with Crippen molar-refractivity contribution in [3.05, 3.63) is 193 Å². The molecule has 4 radical (unpaired) electrons. The van der Waals surface area contributed by atoms with E-state index >= 15 is 8.78 Å². The fourth-order valence-corrected chi connectivity index (χ4v) is 15.2. The maximum atomic E-state index is 15.3. The van der Waals surface area contributed by atoms with Crippen LogP contribution in [0.5, 0.6) is 11.5 Å². The summed E-state index contributed by atoms with van der Waals surface area (Å²) in [6.45, 7) is 0.739. The molecule has 4 atom stereocenters. The Morgan fingerprint density at radius 1 is 0.639 bits per heavy atom. The van der Waals surface area contributed by atoms with Crippen LogP contribution < -0.4 is 34.5 Å². The molecular formula is C55H50BClF4N6O14Se2-2. The minimum atomic E-state index is -1.02. The third-order valence-electron chi connectivity index (χ3n) is 14.0. The summed E-state index contributed by atoms with van der Waals surface area (Å²) in [5.74, 6) is -5.51. The minimum Gasteiger partial charge on any atom is -1.00 e. The Morgan fingerprint density at radius 2 is 1.10 bits per heavy atom. The zero-order chi connectivity index (χ0) is 57.2. The summed E-state index contributed by atoms with van der Waals surface area (Å²) in [6, 6.07) is 21.8. The molecule has 2 amide bonds. The van der Waals surface area contributed by atoms with Gasteiger partial charge in [0.05, 0.1) is 14.2 Å². The van der Waals surface area contributed by atoms with Gasteiger partial charge in [-0.2, -0.15) is 0 Å². The van der Waals surface area contributed by atoms with Gasteiger partial charge in [0.2, 0.25) is 0 Å². The first-order chi connectivity index (χ1) is 39.2. The molecule has 2 fully saturated rings. The number of methoxy groups -OCH3 is 2. The number of amides is 2. The van der Waals surface area contributed by atoms with Gasteiger partial charge in [-0.25, -0.2) is 4.79 Å². The molecule has 8 heterocycles. The number of pyridine rings is 2.